The van der Waals surface area contributed by atoms with Gasteiger partial charge in [-0.2, -0.15) is 5.26 Å². The summed E-state index contributed by atoms with van der Waals surface area (Å²) in [4.78, 5) is 16.6. The molecule has 0 saturated heterocycles. The number of ketones is 1. The zero-order chi connectivity index (χ0) is 18.6. The highest BCUT2D eigenvalue weighted by Crippen LogP contribution is 2.27. The van der Waals surface area contributed by atoms with Gasteiger partial charge in [0.25, 0.3) is 0 Å². The summed E-state index contributed by atoms with van der Waals surface area (Å²) >= 11 is 0. The van der Waals surface area contributed by atoms with E-state index in [0.717, 1.165) is 22.2 Å². The maximum Gasteiger partial charge on any atom is 0.191 e. The third-order valence-electron chi connectivity index (χ3n) is 4.55. The average molecular weight is 351 g/mol. The highest BCUT2D eigenvalue weighted by Gasteiger charge is 2.24. The predicted molar refractivity (Wildman–Crippen MR) is 107 cm³/mol. The number of hydrogen-bond acceptors (Lipinski definition) is 3. The Balaban J connectivity index is 1.76. The summed E-state index contributed by atoms with van der Waals surface area (Å²) in [7, 11) is 0. The molecule has 27 heavy (non-hydrogen) atoms. The SMILES string of the molecule is N#Cc1cccc(NC(C(=O)c2c[nH]c3ccccc23)c2ccccc2)c1. The molecule has 4 aromatic rings. The van der Waals surface area contributed by atoms with Gasteiger partial charge in [0.1, 0.15) is 6.04 Å². The number of H-pyrrole nitrogens is 1. The number of nitrogens with one attached hydrogen (secondary N) is 2. The number of carbonyl (C=O) groups is 1. The zero-order valence-electron chi connectivity index (χ0n) is 14.5. The van der Waals surface area contributed by atoms with Crippen LogP contribution in [0.1, 0.15) is 27.5 Å². The molecule has 4 rings (SSSR count). The first-order chi connectivity index (χ1) is 13.3. The van der Waals surface area contributed by atoms with Crippen LogP contribution in [0.2, 0.25) is 0 Å². The third kappa shape index (κ3) is 3.31. The second-order valence-corrected chi connectivity index (χ2v) is 6.29. The van der Waals surface area contributed by atoms with Crippen LogP contribution in [0.25, 0.3) is 10.9 Å². The minimum Gasteiger partial charge on any atom is -0.371 e. The van der Waals surface area contributed by atoms with Gasteiger partial charge in [-0.1, -0.05) is 54.6 Å². The fourth-order valence-electron chi connectivity index (χ4n) is 3.22. The van der Waals surface area contributed by atoms with E-state index in [1.165, 1.54) is 0 Å². The Labute approximate surface area is 157 Å². The maximum atomic E-state index is 13.4. The molecule has 130 valence electrons. The van der Waals surface area contributed by atoms with Crippen LogP contribution in [0, 0.1) is 11.3 Å². The molecule has 1 unspecified atom stereocenters. The van der Waals surface area contributed by atoms with Crippen LogP contribution in [0.4, 0.5) is 5.69 Å². The molecule has 0 aliphatic heterocycles. The number of para-hydroxylation sites is 1. The molecule has 4 nitrogen and oxygen atoms in total. The minimum absolute atomic E-state index is 0.0268. The first kappa shape index (κ1) is 16.6. The fraction of sp³-hybridized carbons (Fsp3) is 0.0435. The molecule has 0 fully saturated rings. The van der Waals surface area contributed by atoms with Crippen LogP contribution < -0.4 is 5.32 Å². The number of hydrogen-bond donors (Lipinski definition) is 2. The molecule has 1 aromatic heterocycles. The largest absolute Gasteiger partial charge is 0.371 e. The quantitative estimate of drug-likeness (QED) is 0.493. The Hall–Kier alpha value is -3.84. The fourth-order valence-corrected chi connectivity index (χ4v) is 3.22. The van der Waals surface area contributed by atoms with Crippen molar-refractivity contribution in [2.45, 2.75) is 6.04 Å². The molecule has 0 aliphatic carbocycles. The highest BCUT2D eigenvalue weighted by molar-refractivity contribution is 6.11. The van der Waals surface area contributed by atoms with Crippen molar-refractivity contribution in [2.24, 2.45) is 0 Å². The van der Waals surface area contributed by atoms with Gasteiger partial charge >= 0.3 is 0 Å². The van der Waals surface area contributed by atoms with Crippen molar-refractivity contribution in [3.63, 3.8) is 0 Å². The Morgan fingerprint density at radius 1 is 0.963 bits per heavy atom. The number of anilines is 1. The lowest BCUT2D eigenvalue weighted by Gasteiger charge is -2.19. The molecule has 0 radical (unpaired) electrons. The van der Waals surface area contributed by atoms with E-state index in [4.69, 9.17) is 5.26 Å². The van der Waals surface area contributed by atoms with Crippen molar-refractivity contribution in [1.82, 2.24) is 4.98 Å². The van der Waals surface area contributed by atoms with Crippen molar-refractivity contribution in [3.05, 3.63) is 102 Å². The zero-order valence-corrected chi connectivity index (χ0v) is 14.5. The number of benzene rings is 3. The molecule has 3 aromatic carbocycles. The number of nitriles is 1. The van der Waals surface area contributed by atoms with E-state index in [1.54, 1.807) is 24.4 Å². The van der Waals surface area contributed by atoms with Crippen LogP contribution in [-0.4, -0.2) is 10.8 Å². The molecule has 0 aliphatic rings. The van der Waals surface area contributed by atoms with Crippen molar-refractivity contribution >= 4 is 22.4 Å². The Morgan fingerprint density at radius 3 is 2.56 bits per heavy atom. The van der Waals surface area contributed by atoms with E-state index in [2.05, 4.69) is 16.4 Å². The van der Waals surface area contributed by atoms with Gasteiger partial charge in [0.15, 0.2) is 5.78 Å². The van der Waals surface area contributed by atoms with E-state index >= 15 is 0 Å². The maximum absolute atomic E-state index is 13.4. The van der Waals surface area contributed by atoms with E-state index in [-0.39, 0.29) is 5.78 Å². The summed E-state index contributed by atoms with van der Waals surface area (Å²) in [5.74, 6) is -0.0268. The van der Waals surface area contributed by atoms with E-state index in [9.17, 15) is 4.79 Å². The standard InChI is InChI=1S/C23H17N3O/c24-14-16-7-6-10-18(13-16)26-22(17-8-2-1-3-9-17)23(27)20-15-25-21-12-5-4-11-19(20)21/h1-13,15,22,25-26H. The van der Waals surface area contributed by atoms with Gasteiger partial charge in [0.05, 0.1) is 11.6 Å². The van der Waals surface area contributed by atoms with E-state index in [1.807, 2.05) is 60.7 Å². The monoisotopic (exact) mass is 351 g/mol. The lowest BCUT2D eigenvalue weighted by molar-refractivity contribution is 0.0971. The lowest BCUT2D eigenvalue weighted by Crippen LogP contribution is -2.21. The van der Waals surface area contributed by atoms with E-state index in [0.29, 0.717) is 11.1 Å². The predicted octanol–water partition coefficient (Wildman–Crippen LogP) is 5.08. The summed E-state index contributed by atoms with van der Waals surface area (Å²) < 4.78 is 0. The number of carbonyl (C=O) groups excluding carboxylic acids is 1. The third-order valence-corrected chi connectivity index (χ3v) is 4.55. The topological polar surface area (TPSA) is 68.7 Å². The first-order valence-electron chi connectivity index (χ1n) is 8.68. The van der Waals surface area contributed by atoms with Gasteiger partial charge < -0.3 is 10.3 Å². The molecular formula is C23H17N3O. The molecular weight excluding hydrogens is 334 g/mol. The number of aromatic nitrogens is 1. The lowest BCUT2D eigenvalue weighted by atomic mass is 9.96. The number of nitrogens with zero attached hydrogens (tertiary/aromatic N) is 1. The number of fused-ring (bicyclic) bond motifs is 1. The van der Waals surface area contributed by atoms with Gasteiger partial charge in [-0.15, -0.1) is 0 Å². The smallest absolute Gasteiger partial charge is 0.191 e. The summed E-state index contributed by atoms with van der Waals surface area (Å²) in [5, 5.41) is 13.3. The van der Waals surface area contributed by atoms with Crippen LogP contribution in [0.5, 0.6) is 0 Å². The normalized spacial score (nSPS) is 11.7. The van der Waals surface area contributed by atoms with Gasteiger partial charge in [-0.05, 0) is 29.8 Å². The van der Waals surface area contributed by atoms with Crippen molar-refractivity contribution in [3.8, 4) is 6.07 Å². The summed E-state index contributed by atoms with van der Waals surface area (Å²) in [6.07, 6.45) is 1.76. The number of rotatable bonds is 5. The average Bonchev–Trinajstić information content (AvgIpc) is 3.16. The van der Waals surface area contributed by atoms with Crippen LogP contribution in [0.15, 0.2) is 85.1 Å². The van der Waals surface area contributed by atoms with Gasteiger partial charge in [-0.25, -0.2) is 0 Å². The Kier molecular flexibility index (Phi) is 4.42. The molecule has 0 amide bonds. The molecule has 1 heterocycles. The molecule has 1 atom stereocenters. The minimum atomic E-state index is -0.556. The summed E-state index contributed by atoms with van der Waals surface area (Å²) in [6, 6.07) is 26.1. The van der Waals surface area contributed by atoms with Crippen LogP contribution in [0.3, 0.4) is 0 Å². The van der Waals surface area contributed by atoms with Gasteiger partial charge in [-0.3, -0.25) is 4.79 Å². The second-order valence-electron chi connectivity index (χ2n) is 6.29. The second kappa shape index (κ2) is 7.19. The molecule has 0 bridgehead atoms. The molecule has 4 heteroatoms. The Morgan fingerprint density at radius 2 is 1.74 bits per heavy atom. The molecule has 0 saturated carbocycles. The van der Waals surface area contributed by atoms with E-state index < -0.39 is 6.04 Å². The summed E-state index contributed by atoms with van der Waals surface area (Å²) in [6.45, 7) is 0. The van der Waals surface area contributed by atoms with Crippen LogP contribution >= 0.6 is 0 Å². The summed E-state index contributed by atoms with van der Waals surface area (Å²) in [5.41, 5.74) is 3.72. The first-order valence-corrected chi connectivity index (χ1v) is 8.68. The van der Waals surface area contributed by atoms with Gasteiger partial charge in [0, 0.05) is 28.4 Å². The number of Topliss-reactive ketones (excluding diaryl/α,β-unsaturated/α-hetero) is 1. The van der Waals surface area contributed by atoms with Crippen molar-refractivity contribution in [2.75, 3.05) is 5.32 Å². The van der Waals surface area contributed by atoms with Crippen LogP contribution in [-0.2, 0) is 0 Å². The van der Waals surface area contributed by atoms with Crippen molar-refractivity contribution in [1.29, 1.82) is 5.26 Å². The Bertz CT molecular complexity index is 1140. The number of aromatic amines is 1. The molecule has 0 spiro atoms. The van der Waals surface area contributed by atoms with Crippen molar-refractivity contribution < 1.29 is 4.79 Å². The highest BCUT2D eigenvalue weighted by atomic mass is 16.1. The van der Waals surface area contributed by atoms with Gasteiger partial charge in [0.2, 0.25) is 0 Å². The molecule has 2 N–H and O–H groups in total.